The fourth-order valence-corrected chi connectivity index (χ4v) is 4.25. The Hall–Kier alpha value is -3.38. The van der Waals surface area contributed by atoms with E-state index in [9.17, 15) is 5.11 Å². The van der Waals surface area contributed by atoms with Gasteiger partial charge in [0.2, 0.25) is 0 Å². The molecule has 0 saturated carbocycles. The molecule has 0 radical (unpaired) electrons. The maximum absolute atomic E-state index is 10.8. The van der Waals surface area contributed by atoms with E-state index in [0.717, 1.165) is 66.1 Å². The van der Waals surface area contributed by atoms with Crippen molar-refractivity contribution in [3.63, 3.8) is 0 Å². The number of nitrogens with one attached hydrogen (secondary N) is 2. The van der Waals surface area contributed by atoms with Crippen molar-refractivity contribution in [3.05, 3.63) is 66.4 Å². The smallest absolute Gasteiger partial charge is 0.167 e. The van der Waals surface area contributed by atoms with Crippen LogP contribution in [0.3, 0.4) is 0 Å². The quantitative estimate of drug-likeness (QED) is 0.449. The van der Waals surface area contributed by atoms with E-state index in [1.54, 1.807) is 6.07 Å². The average Bonchev–Trinajstić information content (AvgIpc) is 3.20. The lowest BCUT2D eigenvalue weighted by atomic mass is 10.1. The van der Waals surface area contributed by atoms with Crippen molar-refractivity contribution < 1.29 is 5.11 Å². The molecule has 1 aliphatic heterocycles. The fraction of sp³-hybridized carbons (Fsp3) is 0.280. The molecule has 0 bridgehead atoms. The van der Waals surface area contributed by atoms with Crippen LogP contribution in [0.25, 0.3) is 28.0 Å². The second-order valence-corrected chi connectivity index (χ2v) is 8.02. The lowest BCUT2D eigenvalue weighted by Gasteiger charge is -2.24. The predicted molar refractivity (Wildman–Crippen MR) is 125 cm³/mol. The van der Waals surface area contributed by atoms with Gasteiger partial charge < -0.3 is 15.7 Å². The molecule has 2 aromatic heterocycles. The summed E-state index contributed by atoms with van der Waals surface area (Å²) >= 11 is 0. The number of hydrogen-bond acceptors (Lipinski definition) is 5. The van der Waals surface area contributed by atoms with Crippen molar-refractivity contribution in [3.8, 4) is 22.7 Å². The van der Waals surface area contributed by atoms with Gasteiger partial charge in [-0.15, -0.1) is 0 Å². The zero-order chi connectivity index (χ0) is 21.2. The van der Waals surface area contributed by atoms with Gasteiger partial charge in [-0.3, -0.25) is 0 Å². The number of para-hydroxylation sites is 1. The molecule has 6 heteroatoms. The summed E-state index contributed by atoms with van der Waals surface area (Å²) in [5, 5.41) is 23.3. The Balaban J connectivity index is 1.51. The van der Waals surface area contributed by atoms with Crippen molar-refractivity contribution in [1.82, 2.24) is 20.1 Å². The molecule has 0 unspecified atom stereocenters. The Kier molecular flexibility index (Phi) is 5.30. The van der Waals surface area contributed by atoms with E-state index < -0.39 is 0 Å². The molecule has 6 nitrogen and oxygen atoms in total. The first-order valence-electron chi connectivity index (χ1n) is 11.0. The Morgan fingerprint density at radius 1 is 1.06 bits per heavy atom. The highest BCUT2D eigenvalue weighted by molar-refractivity contribution is 5.89. The number of nitrogens with zero attached hydrogens (tertiary/aromatic N) is 3. The topological polar surface area (TPSA) is 75.0 Å². The summed E-state index contributed by atoms with van der Waals surface area (Å²) in [5.74, 6) is 0.218. The number of benzene rings is 2. The summed E-state index contributed by atoms with van der Waals surface area (Å²) < 4.78 is 1.82. The van der Waals surface area contributed by atoms with E-state index in [1.165, 1.54) is 0 Å². The summed E-state index contributed by atoms with van der Waals surface area (Å²) in [4.78, 5) is 4.91. The molecule has 0 amide bonds. The van der Waals surface area contributed by atoms with Crippen LogP contribution in [0.5, 0.6) is 5.75 Å². The molecule has 3 heterocycles. The van der Waals surface area contributed by atoms with Gasteiger partial charge in [0.05, 0.1) is 22.5 Å². The van der Waals surface area contributed by atoms with Crippen LogP contribution in [0.4, 0.5) is 5.69 Å². The summed E-state index contributed by atoms with van der Waals surface area (Å²) in [7, 11) is 0. The Bertz CT molecular complexity index is 1180. The molecule has 2 aromatic carbocycles. The zero-order valence-corrected chi connectivity index (χ0v) is 17.7. The van der Waals surface area contributed by atoms with Crippen molar-refractivity contribution in [2.45, 2.75) is 32.2 Å². The molecule has 1 saturated heterocycles. The maximum atomic E-state index is 10.8. The lowest BCUT2D eigenvalue weighted by molar-refractivity contribution is 0.479. The van der Waals surface area contributed by atoms with E-state index in [0.29, 0.717) is 11.7 Å². The number of hydrogen-bond donors (Lipinski definition) is 3. The minimum atomic E-state index is 0.218. The number of anilines is 1. The fourth-order valence-electron chi connectivity index (χ4n) is 4.25. The summed E-state index contributed by atoms with van der Waals surface area (Å²) in [6.45, 7) is 4.17. The van der Waals surface area contributed by atoms with Gasteiger partial charge >= 0.3 is 0 Å². The lowest BCUT2D eigenvalue weighted by Crippen LogP contribution is -2.35. The number of fused-ring (bicyclic) bond motifs is 1. The molecule has 5 rings (SSSR count). The molecule has 0 spiro atoms. The highest BCUT2D eigenvalue weighted by Crippen LogP contribution is 2.33. The van der Waals surface area contributed by atoms with Crippen molar-refractivity contribution in [2.24, 2.45) is 0 Å². The van der Waals surface area contributed by atoms with Crippen molar-refractivity contribution in [2.75, 3.05) is 18.4 Å². The molecule has 3 N–H and O–H groups in total. The molecule has 4 aromatic rings. The first kappa shape index (κ1) is 19.6. The number of piperidine rings is 1. The first-order valence-corrected chi connectivity index (χ1v) is 11.0. The van der Waals surface area contributed by atoms with Crippen molar-refractivity contribution >= 4 is 16.7 Å². The summed E-state index contributed by atoms with van der Waals surface area (Å²) in [6, 6.07) is 20.5. The molecule has 31 heavy (non-hydrogen) atoms. The van der Waals surface area contributed by atoms with E-state index in [4.69, 9.17) is 10.1 Å². The van der Waals surface area contributed by atoms with E-state index in [2.05, 4.69) is 34.9 Å². The van der Waals surface area contributed by atoms with Crippen LogP contribution in [0.2, 0.25) is 0 Å². The maximum Gasteiger partial charge on any atom is 0.167 e. The SMILES string of the molecule is CCc1nn(-c2ccccc2)c2nc(-c3ccc(NC4CCNCC4)cc3)cc(O)c12. The standard InChI is InChI=1S/C25H27N5O/c1-2-21-24-23(31)16-22(28-25(24)30(29-21)20-6-4-3-5-7-20)17-8-10-18(11-9-17)27-19-12-14-26-15-13-19/h3-11,16,19,26-27H,2,12-15H2,1H3,(H,28,31). The molecule has 1 fully saturated rings. The van der Waals surface area contributed by atoms with Crippen LogP contribution >= 0.6 is 0 Å². The van der Waals surface area contributed by atoms with Gasteiger partial charge in [-0.1, -0.05) is 37.3 Å². The Morgan fingerprint density at radius 2 is 1.81 bits per heavy atom. The highest BCUT2D eigenvalue weighted by atomic mass is 16.3. The molecular weight excluding hydrogens is 386 g/mol. The van der Waals surface area contributed by atoms with Gasteiger partial charge in [0.25, 0.3) is 0 Å². The molecule has 158 valence electrons. The van der Waals surface area contributed by atoms with Gasteiger partial charge in [-0.2, -0.15) is 5.10 Å². The average molecular weight is 414 g/mol. The van der Waals surface area contributed by atoms with Crippen LogP contribution in [-0.4, -0.2) is 39.0 Å². The zero-order valence-electron chi connectivity index (χ0n) is 17.7. The van der Waals surface area contributed by atoms with E-state index in [1.807, 2.05) is 41.9 Å². The Morgan fingerprint density at radius 3 is 2.52 bits per heavy atom. The summed E-state index contributed by atoms with van der Waals surface area (Å²) in [6.07, 6.45) is 3.00. The van der Waals surface area contributed by atoms with Gasteiger partial charge in [0.15, 0.2) is 5.65 Å². The van der Waals surface area contributed by atoms with E-state index >= 15 is 0 Å². The van der Waals surface area contributed by atoms with Crippen LogP contribution in [0.1, 0.15) is 25.5 Å². The largest absolute Gasteiger partial charge is 0.507 e. The van der Waals surface area contributed by atoms with Crippen LogP contribution in [-0.2, 0) is 6.42 Å². The van der Waals surface area contributed by atoms with Crippen molar-refractivity contribution in [1.29, 1.82) is 0 Å². The van der Waals surface area contributed by atoms with Crippen LogP contribution in [0, 0.1) is 0 Å². The van der Waals surface area contributed by atoms with Gasteiger partial charge in [-0.05, 0) is 56.6 Å². The monoisotopic (exact) mass is 413 g/mol. The third-order valence-corrected chi connectivity index (χ3v) is 5.92. The highest BCUT2D eigenvalue weighted by Gasteiger charge is 2.18. The number of rotatable bonds is 5. The number of aryl methyl sites for hydroxylation is 1. The number of pyridine rings is 1. The molecular formula is C25H27N5O. The van der Waals surface area contributed by atoms with Gasteiger partial charge in [0, 0.05) is 23.4 Å². The predicted octanol–water partition coefficient (Wildman–Crippen LogP) is 4.52. The summed E-state index contributed by atoms with van der Waals surface area (Å²) in [5.41, 5.74) is 5.26. The third-order valence-electron chi connectivity index (χ3n) is 5.92. The normalized spacial score (nSPS) is 14.7. The number of aromatic nitrogens is 3. The second-order valence-electron chi connectivity index (χ2n) is 8.02. The van der Waals surface area contributed by atoms with Gasteiger partial charge in [0.1, 0.15) is 5.75 Å². The van der Waals surface area contributed by atoms with Crippen LogP contribution in [0.15, 0.2) is 60.7 Å². The van der Waals surface area contributed by atoms with Gasteiger partial charge in [-0.25, -0.2) is 9.67 Å². The van der Waals surface area contributed by atoms with Crippen LogP contribution < -0.4 is 10.6 Å². The molecule has 0 aliphatic carbocycles. The third kappa shape index (κ3) is 3.86. The second kappa shape index (κ2) is 8.40. The molecule has 1 aliphatic rings. The molecule has 0 atom stereocenters. The van der Waals surface area contributed by atoms with E-state index in [-0.39, 0.29) is 5.75 Å². The minimum Gasteiger partial charge on any atom is -0.507 e. The minimum absolute atomic E-state index is 0.218. The Labute approximate surface area is 181 Å². The number of aromatic hydroxyl groups is 1. The first-order chi connectivity index (χ1) is 15.2.